The van der Waals surface area contributed by atoms with Crippen LogP contribution in [-0.2, 0) is 10.0 Å². The van der Waals surface area contributed by atoms with Crippen molar-refractivity contribution in [3.05, 3.63) is 64.8 Å². The molecule has 29 heavy (non-hydrogen) atoms. The van der Waals surface area contributed by atoms with E-state index in [2.05, 4.69) is 10.3 Å². The van der Waals surface area contributed by atoms with E-state index in [1.165, 1.54) is 12.1 Å². The van der Waals surface area contributed by atoms with Gasteiger partial charge in [0.25, 0.3) is 5.69 Å². The molecule has 2 aromatic carbocycles. The van der Waals surface area contributed by atoms with Gasteiger partial charge in [0.1, 0.15) is 5.82 Å². The third-order valence-electron chi connectivity index (χ3n) is 5.01. The number of nitrogens with zero attached hydrogens (tertiary/aromatic N) is 3. The number of nitro benzene ring substituents is 1. The monoisotopic (exact) mass is 412 g/mol. The van der Waals surface area contributed by atoms with Gasteiger partial charge in [-0.2, -0.15) is 4.31 Å². The minimum Gasteiger partial charge on any atom is -0.340 e. The van der Waals surface area contributed by atoms with Crippen molar-refractivity contribution in [3.63, 3.8) is 0 Å². The molecule has 0 spiro atoms. The number of piperidine rings is 1. The maximum absolute atomic E-state index is 13.2. The number of nitro groups is 1. The second-order valence-corrected chi connectivity index (χ2v) is 8.85. The number of hydrogen-bond acceptors (Lipinski definition) is 6. The third kappa shape index (κ3) is 3.92. The van der Waals surface area contributed by atoms with Crippen LogP contribution in [0.15, 0.2) is 59.6 Å². The van der Waals surface area contributed by atoms with E-state index in [0.717, 1.165) is 24.6 Å². The van der Waals surface area contributed by atoms with E-state index < -0.39 is 14.9 Å². The number of rotatable bonds is 5. The summed E-state index contributed by atoms with van der Waals surface area (Å²) in [7, 11) is -3.59. The van der Waals surface area contributed by atoms with E-state index in [1.54, 1.807) is 40.8 Å². The molecule has 1 aliphatic rings. The molecular weight excluding hydrogens is 392 g/mol. The lowest BCUT2D eigenvalue weighted by molar-refractivity contribution is -0.384. The molecule has 3 aromatic rings. The lowest BCUT2D eigenvalue weighted by atomic mass is 10.2. The molecule has 8 nitrogen and oxygen atoms in total. The number of sulfonamides is 1. The number of hydrogen-bond donors (Lipinski definition) is 1. The van der Waals surface area contributed by atoms with Crippen molar-refractivity contribution >= 4 is 38.0 Å². The van der Waals surface area contributed by atoms with Crippen molar-refractivity contribution < 1.29 is 13.3 Å². The van der Waals surface area contributed by atoms with Gasteiger partial charge >= 0.3 is 0 Å². The fourth-order valence-electron chi connectivity index (χ4n) is 3.49. The summed E-state index contributed by atoms with van der Waals surface area (Å²) in [6.45, 7) is 1.08. The highest BCUT2D eigenvalue weighted by molar-refractivity contribution is 7.89. The van der Waals surface area contributed by atoms with Gasteiger partial charge in [-0.05, 0) is 37.1 Å². The van der Waals surface area contributed by atoms with Crippen LogP contribution >= 0.6 is 0 Å². The van der Waals surface area contributed by atoms with Crippen LogP contribution in [0, 0.1) is 10.1 Å². The van der Waals surface area contributed by atoms with Gasteiger partial charge in [-0.25, -0.2) is 13.4 Å². The molecule has 1 fully saturated rings. The summed E-state index contributed by atoms with van der Waals surface area (Å²) in [5.41, 5.74) is 0.621. The second kappa shape index (κ2) is 7.76. The highest BCUT2D eigenvalue weighted by Crippen LogP contribution is 2.29. The molecular formula is C20H20N4O4S. The van der Waals surface area contributed by atoms with E-state index in [9.17, 15) is 18.5 Å². The Morgan fingerprint density at radius 1 is 1.03 bits per heavy atom. The van der Waals surface area contributed by atoms with Crippen LogP contribution in [-0.4, -0.2) is 35.7 Å². The number of aromatic nitrogens is 1. The lowest BCUT2D eigenvalue weighted by Gasteiger charge is -2.26. The Hall–Kier alpha value is -3.04. The summed E-state index contributed by atoms with van der Waals surface area (Å²) in [4.78, 5) is 14.9. The van der Waals surface area contributed by atoms with Gasteiger partial charge in [0, 0.05) is 47.9 Å². The fraction of sp³-hybridized carbons (Fsp3) is 0.250. The summed E-state index contributed by atoms with van der Waals surface area (Å²) in [5, 5.41) is 15.2. The molecule has 0 bridgehead atoms. The normalized spacial score (nSPS) is 15.3. The maximum Gasteiger partial charge on any atom is 0.269 e. The molecule has 4 rings (SSSR count). The molecule has 9 heteroatoms. The van der Waals surface area contributed by atoms with Crippen LogP contribution in [0.5, 0.6) is 0 Å². The Kier molecular flexibility index (Phi) is 5.16. The molecule has 0 amide bonds. The molecule has 150 valence electrons. The predicted molar refractivity (Wildman–Crippen MR) is 111 cm³/mol. The summed E-state index contributed by atoms with van der Waals surface area (Å²) in [6, 6.07) is 12.8. The zero-order valence-electron chi connectivity index (χ0n) is 15.6. The first-order valence-corrected chi connectivity index (χ1v) is 10.8. The number of pyridine rings is 1. The number of benzene rings is 2. The highest BCUT2D eigenvalue weighted by Gasteiger charge is 2.27. The van der Waals surface area contributed by atoms with Gasteiger partial charge in [0.15, 0.2) is 0 Å². The first kappa shape index (κ1) is 19.3. The molecule has 0 unspecified atom stereocenters. The molecule has 0 saturated carbocycles. The van der Waals surface area contributed by atoms with E-state index in [0.29, 0.717) is 30.0 Å². The number of nitrogens with one attached hydrogen (secondary N) is 1. The fourth-order valence-corrected chi connectivity index (χ4v) is 5.22. The van der Waals surface area contributed by atoms with E-state index >= 15 is 0 Å². The minimum absolute atomic E-state index is 0.00284. The summed E-state index contributed by atoms with van der Waals surface area (Å²) < 4.78 is 27.9. The number of anilines is 2. The Labute approximate surface area is 168 Å². The summed E-state index contributed by atoms with van der Waals surface area (Å²) in [6.07, 6.45) is 4.42. The molecule has 1 aliphatic heterocycles. The van der Waals surface area contributed by atoms with E-state index in [-0.39, 0.29) is 10.6 Å². The average molecular weight is 412 g/mol. The van der Waals surface area contributed by atoms with Crippen LogP contribution in [0.1, 0.15) is 19.3 Å². The van der Waals surface area contributed by atoms with Gasteiger partial charge in [-0.3, -0.25) is 10.1 Å². The van der Waals surface area contributed by atoms with Gasteiger partial charge < -0.3 is 5.32 Å². The predicted octanol–water partition coefficient (Wildman–Crippen LogP) is 4.06. The Morgan fingerprint density at radius 2 is 1.76 bits per heavy atom. The van der Waals surface area contributed by atoms with Crippen LogP contribution < -0.4 is 5.32 Å². The highest BCUT2D eigenvalue weighted by atomic mass is 32.2. The van der Waals surface area contributed by atoms with Gasteiger partial charge in [0.05, 0.1) is 9.82 Å². The zero-order chi connectivity index (χ0) is 20.4. The third-order valence-corrected chi connectivity index (χ3v) is 6.96. The minimum atomic E-state index is -3.59. The molecule has 0 aliphatic carbocycles. The van der Waals surface area contributed by atoms with E-state index in [4.69, 9.17) is 0 Å². The topological polar surface area (TPSA) is 105 Å². The van der Waals surface area contributed by atoms with Crippen molar-refractivity contribution in [2.24, 2.45) is 0 Å². The van der Waals surface area contributed by atoms with Crippen molar-refractivity contribution in [3.8, 4) is 0 Å². The van der Waals surface area contributed by atoms with Crippen molar-refractivity contribution in [1.29, 1.82) is 0 Å². The van der Waals surface area contributed by atoms with Crippen molar-refractivity contribution in [2.45, 2.75) is 24.2 Å². The second-order valence-electron chi connectivity index (χ2n) is 6.94. The first-order chi connectivity index (χ1) is 13.9. The van der Waals surface area contributed by atoms with Crippen molar-refractivity contribution in [1.82, 2.24) is 9.29 Å². The van der Waals surface area contributed by atoms with Crippen molar-refractivity contribution in [2.75, 3.05) is 18.4 Å². The smallest absolute Gasteiger partial charge is 0.269 e. The Morgan fingerprint density at radius 3 is 2.45 bits per heavy atom. The largest absolute Gasteiger partial charge is 0.340 e. The number of non-ortho nitro benzene ring substituents is 1. The average Bonchev–Trinajstić information content (AvgIpc) is 2.74. The molecule has 0 radical (unpaired) electrons. The molecule has 0 atom stereocenters. The van der Waals surface area contributed by atoms with Gasteiger partial charge in [-0.1, -0.05) is 18.6 Å². The summed E-state index contributed by atoms with van der Waals surface area (Å²) in [5.74, 6) is 0.465. The molecule has 1 aromatic heterocycles. The Bertz CT molecular complexity index is 1160. The van der Waals surface area contributed by atoms with Crippen LogP contribution in [0.3, 0.4) is 0 Å². The Balaban J connectivity index is 1.69. The van der Waals surface area contributed by atoms with Crippen LogP contribution in [0.25, 0.3) is 10.8 Å². The standard InChI is InChI=1S/C20H20N4O4S/c25-24(26)17-9-7-16(8-10-17)22-20-13-18-15(14-21-20)5-4-6-19(18)29(27,28)23-11-2-1-3-12-23/h4-10,13-14H,1-3,11-12H2,(H,21,22). The van der Waals surface area contributed by atoms with Gasteiger partial charge in [-0.15, -0.1) is 0 Å². The van der Waals surface area contributed by atoms with Crippen LogP contribution in [0.2, 0.25) is 0 Å². The lowest BCUT2D eigenvalue weighted by Crippen LogP contribution is -2.35. The van der Waals surface area contributed by atoms with Crippen LogP contribution in [0.4, 0.5) is 17.2 Å². The first-order valence-electron chi connectivity index (χ1n) is 9.35. The SMILES string of the molecule is O=[N+]([O-])c1ccc(Nc2cc3c(S(=O)(=O)N4CCCCC4)cccc3cn2)cc1. The molecule has 2 heterocycles. The van der Waals surface area contributed by atoms with E-state index in [1.807, 2.05) is 6.07 Å². The summed E-state index contributed by atoms with van der Waals surface area (Å²) >= 11 is 0. The maximum atomic E-state index is 13.2. The number of fused-ring (bicyclic) bond motifs is 1. The molecule has 1 saturated heterocycles. The zero-order valence-corrected chi connectivity index (χ0v) is 16.4. The quantitative estimate of drug-likeness (QED) is 0.500. The molecule has 1 N–H and O–H groups in total. The van der Waals surface area contributed by atoms with Gasteiger partial charge in [0.2, 0.25) is 10.0 Å².